The Balaban J connectivity index is 3.08. The highest BCUT2D eigenvalue weighted by molar-refractivity contribution is 5.35. The number of nitriles is 1. The molecule has 0 saturated heterocycles. The van der Waals surface area contributed by atoms with E-state index in [0.717, 1.165) is 0 Å². The van der Waals surface area contributed by atoms with E-state index in [1.807, 2.05) is 0 Å². The molecule has 14 heavy (non-hydrogen) atoms. The Labute approximate surface area is 81.6 Å². The third kappa shape index (κ3) is 2.08. The van der Waals surface area contributed by atoms with Gasteiger partial charge in [0.25, 0.3) is 0 Å². The molecule has 1 aromatic carbocycles. The molecule has 0 aliphatic rings. The van der Waals surface area contributed by atoms with Gasteiger partial charge >= 0.3 is 0 Å². The smallest absolute Gasteiger partial charge is 0.140 e. The zero-order chi connectivity index (χ0) is 10.7. The number of halogens is 1. The highest BCUT2D eigenvalue weighted by Crippen LogP contribution is 2.17. The first-order valence-electron chi connectivity index (χ1n) is 4.19. The van der Waals surface area contributed by atoms with Crippen molar-refractivity contribution in [3.05, 3.63) is 35.1 Å². The number of hydrogen-bond acceptors (Lipinski definition) is 3. The molecule has 0 aromatic heterocycles. The van der Waals surface area contributed by atoms with Crippen LogP contribution in [0, 0.1) is 17.1 Å². The van der Waals surface area contributed by atoms with E-state index < -0.39 is 18.0 Å². The maximum absolute atomic E-state index is 12.9. The van der Waals surface area contributed by atoms with Crippen LogP contribution in [0.15, 0.2) is 18.2 Å². The summed E-state index contributed by atoms with van der Waals surface area (Å²) in [6, 6.07) is 5.12. The molecular weight excluding hydrogens is 183 g/mol. The minimum absolute atomic E-state index is 0.0569. The molecule has 0 unspecified atom stereocenters. The van der Waals surface area contributed by atoms with Crippen molar-refractivity contribution in [3.8, 4) is 6.07 Å². The molecule has 0 fully saturated rings. The summed E-state index contributed by atoms with van der Waals surface area (Å²) in [5.74, 6) is -0.575. The summed E-state index contributed by atoms with van der Waals surface area (Å²) in [5, 5.41) is 17.8. The van der Waals surface area contributed by atoms with Crippen molar-refractivity contribution in [3.63, 3.8) is 0 Å². The zero-order valence-corrected chi connectivity index (χ0v) is 7.74. The first kappa shape index (κ1) is 10.6. The maximum atomic E-state index is 12.9. The van der Waals surface area contributed by atoms with Gasteiger partial charge in [0.15, 0.2) is 0 Å². The lowest BCUT2D eigenvalue weighted by molar-refractivity contribution is 0.164. The van der Waals surface area contributed by atoms with Gasteiger partial charge in [-0.2, -0.15) is 5.26 Å². The summed E-state index contributed by atoms with van der Waals surface area (Å²) in [5.41, 5.74) is 6.13. The molecule has 74 valence electrons. The molecule has 0 amide bonds. The van der Waals surface area contributed by atoms with E-state index in [0.29, 0.717) is 5.56 Å². The number of rotatable bonds is 2. The summed E-state index contributed by atoms with van der Waals surface area (Å²) in [4.78, 5) is 0. The molecule has 0 bridgehead atoms. The molecule has 0 aliphatic carbocycles. The largest absolute Gasteiger partial charge is 0.391 e. The lowest BCUT2D eigenvalue weighted by Crippen LogP contribution is -2.23. The average Bonchev–Trinajstić information content (AvgIpc) is 2.17. The number of nitrogens with zero attached hydrogens (tertiary/aromatic N) is 1. The second-order valence-electron chi connectivity index (χ2n) is 3.12. The Morgan fingerprint density at radius 2 is 2.21 bits per heavy atom. The third-order valence-corrected chi connectivity index (χ3v) is 2.02. The van der Waals surface area contributed by atoms with Crippen LogP contribution in [-0.2, 0) is 0 Å². The number of aliphatic hydroxyl groups excluding tert-OH is 1. The van der Waals surface area contributed by atoms with Gasteiger partial charge in [-0.25, -0.2) is 4.39 Å². The van der Waals surface area contributed by atoms with Gasteiger partial charge in [-0.1, -0.05) is 6.07 Å². The fourth-order valence-corrected chi connectivity index (χ4v) is 1.11. The molecule has 2 atom stereocenters. The minimum atomic E-state index is -0.730. The van der Waals surface area contributed by atoms with E-state index in [1.54, 1.807) is 13.0 Å². The Morgan fingerprint density at radius 1 is 1.57 bits per heavy atom. The molecule has 0 aliphatic heterocycles. The van der Waals surface area contributed by atoms with Crippen LogP contribution >= 0.6 is 0 Å². The van der Waals surface area contributed by atoms with E-state index in [9.17, 15) is 9.50 Å². The van der Waals surface area contributed by atoms with Crippen LogP contribution in [0.25, 0.3) is 0 Å². The van der Waals surface area contributed by atoms with Crippen LogP contribution in [0.5, 0.6) is 0 Å². The number of benzene rings is 1. The Kier molecular flexibility index (Phi) is 3.18. The van der Waals surface area contributed by atoms with Crippen molar-refractivity contribution in [2.45, 2.75) is 19.1 Å². The summed E-state index contributed by atoms with van der Waals surface area (Å²) in [7, 11) is 0. The summed E-state index contributed by atoms with van der Waals surface area (Å²) < 4.78 is 12.9. The van der Waals surface area contributed by atoms with Crippen molar-refractivity contribution < 1.29 is 9.50 Å². The van der Waals surface area contributed by atoms with E-state index >= 15 is 0 Å². The second-order valence-corrected chi connectivity index (χ2v) is 3.12. The first-order chi connectivity index (χ1) is 6.56. The van der Waals surface area contributed by atoms with Crippen molar-refractivity contribution in [2.24, 2.45) is 5.73 Å². The molecule has 0 heterocycles. The van der Waals surface area contributed by atoms with Crippen molar-refractivity contribution in [1.82, 2.24) is 0 Å². The number of hydrogen-bond donors (Lipinski definition) is 2. The SMILES string of the molecule is C[C@H](O)[C@@H](N)c1ccc(F)c(C#N)c1. The molecule has 0 spiro atoms. The van der Waals surface area contributed by atoms with Crippen molar-refractivity contribution in [2.75, 3.05) is 0 Å². The molecule has 3 nitrogen and oxygen atoms in total. The van der Waals surface area contributed by atoms with Gasteiger partial charge in [-0.3, -0.25) is 0 Å². The number of nitrogens with two attached hydrogens (primary N) is 1. The van der Waals surface area contributed by atoms with Gasteiger partial charge in [-0.05, 0) is 24.6 Å². The van der Waals surface area contributed by atoms with Crippen LogP contribution in [0.1, 0.15) is 24.1 Å². The third-order valence-electron chi connectivity index (χ3n) is 2.02. The van der Waals surface area contributed by atoms with Gasteiger partial charge in [0.1, 0.15) is 11.9 Å². The highest BCUT2D eigenvalue weighted by Gasteiger charge is 2.13. The van der Waals surface area contributed by atoms with Gasteiger partial charge in [0, 0.05) is 0 Å². The van der Waals surface area contributed by atoms with Crippen LogP contribution in [-0.4, -0.2) is 11.2 Å². The fraction of sp³-hybridized carbons (Fsp3) is 0.300. The molecule has 0 radical (unpaired) electrons. The standard InChI is InChI=1S/C10H11FN2O/c1-6(14)10(13)7-2-3-9(11)8(4-7)5-12/h2-4,6,10,14H,13H2,1H3/t6-,10+/m0/s1. The number of aliphatic hydroxyl groups is 1. The highest BCUT2D eigenvalue weighted by atomic mass is 19.1. The van der Waals surface area contributed by atoms with Crippen LogP contribution in [0.2, 0.25) is 0 Å². The van der Waals surface area contributed by atoms with Crippen LogP contribution in [0.4, 0.5) is 4.39 Å². The van der Waals surface area contributed by atoms with E-state index in [2.05, 4.69) is 0 Å². The van der Waals surface area contributed by atoms with Gasteiger partial charge in [0.05, 0.1) is 17.7 Å². The fourth-order valence-electron chi connectivity index (χ4n) is 1.11. The first-order valence-corrected chi connectivity index (χ1v) is 4.19. The molecule has 0 saturated carbocycles. The van der Waals surface area contributed by atoms with Crippen molar-refractivity contribution in [1.29, 1.82) is 5.26 Å². The lowest BCUT2D eigenvalue weighted by atomic mass is 10.0. The Morgan fingerprint density at radius 3 is 2.71 bits per heavy atom. The van der Waals surface area contributed by atoms with Crippen LogP contribution in [0.3, 0.4) is 0 Å². The monoisotopic (exact) mass is 194 g/mol. The van der Waals surface area contributed by atoms with Gasteiger partial charge < -0.3 is 10.8 Å². The van der Waals surface area contributed by atoms with Gasteiger partial charge in [-0.15, -0.1) is 0 Å². The van der Waals surface area contributed by atoms with E-state index in [4.69, 9.17) is 11.0 Å². The predicted octanol–water partition coefficient (Wildman–Crippen LogP) is 1.08. The quantitative estimate of drug-likeness (QED) is 0.740. The normalized spacial score (nSPS) is 14.5. The zero-order valence-electron chi connectivity index (χ0n) is 7.74. The molecule has 3 N–H and O–H groups in total. The maximum Gasteiger partial charge on any atom is 0.140 e. The molecule has 4 heteroatoms. The predicted molar refractivity (Wildman–Crippen MR) is 49.7 cm³/mol. The van der Waals surface area contributed by atoms with Gasteiger partial charge in [0.2, 0.25) is 0 Å². The minimum Gasteiger partial charge on any atom is -0.391 e. The lowest BCUT2D eigenvalue weighted by Gasteiger charge is -2.15. The molecule has 1 aromatic rings. The molecular formula is C10H11FN2O. The molecule has 1 rings (SSSR count). The summed E-state index contributed by atoms with van der Waals surface area (Å²) in [6.07, 6.45) is -0.730. The van der Waals surface area contributed by atoms with E-state index in [1.165, 1.54) is 18.2 Å². The summed E-state index contributed by atoms with van der Waals surface area (Å²) >= 11 is 0. The van der Waals surface area contributed by atoms with Crippen LogP contribution < -0.4 is 5.73 Å². The van der Waals surface area contributed by atoms with E-state index in [-0.39, 0.29) is 5.56 Å². The summed E-state index contributed by atoms with van der Waals surface area (Å²) in [6.45, 7) is 1.54. The second kappa shape index (κ2) is 4.18. The topological polar surface area (TPSA) is 70.0 Å². The average molecular weight is 194 g/mol. The van der Waals surface area contributed by atoms with Crippen molar-refractivity contribution >= 4 is 0 Å². The Hall–Kier alpha value is -1.44. The Bertz CT molecular complexity index is 371.